The highest BCUT2D eigenvalue weighted by Gasteiger charge is 2.35. The third kappa shape index (κ3) is 3.00. The largest absolute Gasteiger partial charge is 0.334 e. The van der Waals surface area contributed by atoms with Gasteiger partial charge in [-0.1, -0.05) is 17.7 Å². The summed E-state index contributed by atoms with van der Waals surface area (Å²) in [6, 6.07) is 8.12. The normalized spacial score (nSPS) is 18.3. The molecule has 1 N–H and O–H groups in total. The summed E-state index contributed by atoms with van der Waals surface area (Å²) >= 11 is 0. The van der Waals surface area contributed by atoms with E-state index in [0.717, 1.165) is 24.2 Å². The van der Waals surface area contributed by atoms with E-state index in [1.807, 2.05) is 39.1 Å². The summed E-state index contributed by atoms with van der Waals surface area (Å²) in [5, 5.41) is 12.4. The minimum absolute atomic E-state index is 0.141. The number of benzene rings is 1. The van der Waals surface area contributed by atoms with Gasteiger partial charge in [0.15, 0.2) is 0 Å². The molecule has 1 aromatic carbocycles. The number of nitriles is 1. The summed E-state index contributed by atoms with van der Waals surface area (Å²) in [5.74, 6) is -0.141. The van der Waals surface area contributed by atoms with Crippen LogP contribution in [0.5, 0.6) is 0 Å². The Morgan fingerprint density at radius 2 is 2.00 bits per heavy atom. The summed E-state index contributed by atoms with van der Waals surface area (Å²) in [4.78, 5) is 14.6. The number of rotatable bonds is 2. The molecule has 0 bridgehead atoms. The number of nitrogens with one attached hydrogen (secondary N) is 1. The van der Waals surface area contributed by atoms with Gasteiger partial charge in [0.25, 0.3) is 5.91 Å². The van der Waals surface area contributed by atoms with E-state index in [1.165, 1.54) is 0 Å². The molecule has 0 aromatic heterocycles. The molecule has 1 aromatic rings. The first-order valence-electron chi connectivity index (χ1n) is 6.95. The number of hydrogen-bond donors (Lipinski definition) is 1. The molecule has 0 radical (unpaired) electrons. The SMILES string of the molecule is Cc1ccc(C)c(C(=O)NC2(C#N)CCN(C)CC2)c1. The van der Waals surface area contributed by atoms with Gasteiger partial charge in [-0.2, -0.15) is 5.26 Å². The molecule has 1 amide bonds. The number of carbonyl (C=O) groups excluding carboxylic acids is 1. The lowest BCUT2D eigenvalue weighted by Gasteiger charge is -2.36. The van der Waals surface area contributed by atoms with Crippen LogP contribution in [0.15, 0.2) is 18.2 Å². The highest BCUT2D eigenvalue weighted by atomic mass is 16.1. The molecule has 1 fully saturated rings. The Bertz CT molecular complexity index is 551. The van der Waals surface area contributed by atoms with Gasteiger partial charge in [-0.15, -0.1) is 0 Å². The van der Waals surface area contributed by atoms with Crippen molar-refractivity contribution in [1.29, 1.82) is 5.26 Å². The fraction of sp³-hybridized carbons (Fsp3) is 0.500. The van der Waals surface area contributed by atoms with Crippen molar-refractivity contribution in [2.75, 3.05) is 20.1 Å². The maximum absolute atomic E-state index is 12.5. The van der Waals surface area contributed by atoms with Gasteiger partial charge in [0.1, 0.15) is 5.54 Å². The quantitative estimate of drug-likeness (QED) is 0.895. The van der Waals surface area contributed by atoms with Crippen molar-refractivity contribution in [1.82, 2.24) is 10.2 Å². The van der Waals surface area contributed by atoms with E-state index < -0.39 is 5.54 Å². The van der Waals surface area contributed by atoms with E-state index in [-0.39, 0.29) is 5.91 Å². The van der Waals surface area contributed by atoms with Crippen LogP contribution in [-0.2, 0) is 0 Å². The maximum atomic E-state index is 12.5. The summed E-state index contributed by atoms with van der Waals surface area (Å²) in [5.41, 5.74) is 1.93. The molecule has 0 atom stereocenters. The molecule has 1 saturated heterocycles. The average Bonchev–Trinajstić information content (AvgIpc) is 2.44. The highest BCUT2D eigenvalue weighted by Crippen LogP contribution is 2.22. The Hall–Kier alpha value is -1.86. The Labute approximate surface area is 120 Å². The molecule has 0 aliphatic carbocycles. The van der Waals surface area contributed by atoms with Crippen LogP contribution in [0.1, 0.15) is 34.3 Å². The number of aryl methyl sites for hydroxylation is 2. The molecule has 1 aliphatic rings. The first kappa shape index (κ1) is 14.5. The number of amides is 1. The van der Waals surface area contributed by atoms with Crippen molar-refractivity contribution >= 4 is 5.91 Å². The fourth-order valence-electron chi connectivity index (χ4n) is 2.53. The molecule has 4 heteroatoms. The lowest BCUT2D eigenvalue weighted by atomic mass is 9.88. The van der Waals surface area contributed by atoms with Crippen LogP contribution in [0.3, 0.4) is 0 Å². The first-order valence-corrected chi connectivity index (χ1v) is 6.95. The number of hydrogen-bond acceptors (Lipinski definition) is 3. The molecule has 0 saturated carbocycles. The van der Waals surface area contributed by atoms with Gasteiger partial charge in [0, 0.05) is 18.7 Å². The minimum atomic E-state index is -0.722. The van der Waals surface area contributed by atoms with Crippen molar-refractivity contribution in [2.45, 2.75) is 32.2 Å². The van der Waals surface area contributed by atoms with E-state index in [4.69, 9.17) is 0 Å². The maximum Gasteiger partial charge on any atom is 0.252 e. The van der Waals surface area contributed by atoms with Crippen LogP contribution < -0.4 is 5.32 Å². The van der Waals surface area contributed by atoms with E-state index in [2.05, 4.69) is 16.3 Å². The zero-order chi connectivity index (χ0) is 14.8. The number of carbonyl (C=O) groups is 1. The number of likely N-dealkylation sites (tertiary alicyclic amines) is 1. The lowest BCUT2D eigenvalue weighted by molar-refractivity contribution is 0.0881. The van der Waals surface area contributed by atoms with E-state index in [9.17, 15) is 10.1 Å². The predicted molar refractivity (Wildman–Crippen MR) is 78.5 cm³/mol. The fourth-order valence-corrected chi connectivity index (χ4v) is 2.53. The van der Waals surface area contributed by atoms with Gasteiger partial charge in [-0.3, -0.25) is 4.79 Å². The molecule has 20 heavy (non-hydrogen) atoms. The van der Waals surface area contributed by atoms with Crippen molar-refractivity contribution in [3.63, 3.8) is 0 Å². The number of nitrogens with zero attached hydrogens (tertiary/aromatic N) is 2. The van der Waals surface area contributed by atoms with E-state index in [1.54, 1.807) is 0 Å². The van der Waals surface area contributed by atoms with E-state index in [0.29, 0.717) is 18.4 Å². The van der Waals surface area contributed by atoms with Crippen molar-refractivity contribution in [3.8, 4) is 6.07 Å². The Balaban J connectivity index is 2.18. The topological polar surface area (TPSA) is 56.1 Å². The zero-order valence-electron chi connectivity index (χ0n) is 12.4. The molecular formula is C16H21N3O. The van der Waals surface area contributed by atoms with Crippen LogP contribution in [0.2, 0.25) is 0 Å². The van der Waals surface area contributed by atoms with Gasteiger partial charge in [-0.05, 0) is 45.4 Å². The molecule has 2 rings (SSSR count). The molecule has 0 unspecified atom stereocenters. The van der Waals surface area contributed by atoms with Crippen molar-refractivity contribution in [2.24, 2.45) is 0 Å². The average molecular weight is 271 g/mol. The van der Waals surface area contributed by atoms with E-state index >= 15 is 0 Å². The van der Waals surface area contributed by atoms with Crippen molar-refractivity contribution < 1.29 is 4.79 Å². The third-order valence-electron chi connectivity index (χ3n) is 4.05. The van der Waals surface area contributed by atoms with Gasteiger partial charge in [0.2, 0.25) is 0 Å². The highest BCUT2D eigenvalue weighted by molar-refractivity contribution is 5.96. The second kappa shape index (κ2) is 5.64. The lowest BCUT2D eigenvalue weighted by Crippen LogP contribution is -2.53. The van der Waals surface area contributed by atoms with Crippen LogP contribution in [0, 0.1) is 25.2 Å². The zero-order valence-corrected chi connectivity index (χ0v) is 12.4. The minimum Gasteiger partial charge on any atom is -0.334 e. The monoisotopic (exact) mass is 271 g/mol. The third-order valence-corrected chi connectivity index (χ3v) is 4.05. The molecule has 1 aliphatic heterocycles. The molecule has 0 spiro atoms. The summed E-state index contributed by atoms with van der Waals surface area (Å²) < 4.78 is 0. The number of piperidine rings is 1. The Morgan fingerprint density at radius 1 is 1.35 bits per heavy atom. The Kier molecular flexibility index (Phi) is 4.10. The van der Waals surface area contributed by atoms with Gasteiger partial charge < -0.3 is 10.2 Å². The Morgan fingerprint density at radius 3 is 2.60 bits per heavy atom. The van der Waals surface area contributed by atoms with Gasteiger partial charge >= 0.3 is 0 Å². The smallest absolute Gasteiger partial charge is 0.252 e. The van der Waals surface area contributed by atoms with Crippen molar-refractivity contribution in [3.05, 3.63) is 34.9 Å². The second-order valence-corrected chi connectivity index (χ2v) is 5.77. The van der Waals surface area contributed by atoms with Gasteiger partial charge in [-0.25, -0.2) is 0 Å². The summed E-state index contributed by atoms with van der Waals surface area (Å²) in [7, 11) is 2.04. The van der Waals surface area contributed by atoms with Crippen LogP contribution in [-0.4, -0.2) is 36.5 Å². The van der Waals surface area contributed by atoms with Crippen LogP contribution in [0.25, 0.3) is 0 Å². The molecule has 106 valence electrons. The molecule has 4 nitrogen and oxygen atoms in total. The molecular weight excluding hydrogens is 250 g/mol. The van der Waals surface area contributed by atoms with Gasteiger partial charge in [0.05, 0.1) is 6.07 Å². The first-order chi connectivity index (χ1) is 9.46. The standard InChI is InChI=1S/C16H21N3O/c1-12-4-5-13(2)14(10-12)15(20)18-16(11-17)6-8-19(3)9-7-16/h4-5,10H,6-9H2,1-3H3,(H,18,20). The summed E-state index contributed by atoms with van der Waals surface area (Å²) in [6.45, 7) is 5.55. The predicted octanol–water partition coefficient (Wildman–Crippen LogP) is 2.02. The van der Waals surface area contributed by atoms with Crippen LogP contribution >= 0.6 is 0 Å². The molecule has 1 heterocycles. The summed E-state index contributed by atoms with van der Waals surface area (Å²) in [6.07, 6.45) is 1.35. The van der Waals surface area contributed by atoms with Crippen LogP contribution in [0.4, 0.5) is 0 Å². The second-order valence-electron chi connectivity index (χ2n) is 5.77.